The van der Waals surface area contributed by atoms with Crippen LogP contribution in [0.3, 0.4) is 0 Å². The van der Waals surface area contributed by atoms with E-state index in [-0.39, 0.29) is 10.8 Å². The van der Waals surface area contributed by atoms with Crippen LogP contribution in [0.25, 0.3) is 131 Å². The summed E-state index contributed by atoms with van der Waals surface area (Å²) in [5, 5.41) is -7.97. The molecule has 1 heterocycles. The fraction of sp³-hybridized carbons (Fsp3) is 0. The van der Waals surface area contributed by atoms with Crippen LogP contribution in [0.4, 0.5) is 0 Å². The van der Waals surface area contributed by atoms with Crippen molar-refractivity contribution >= 4 is 97.3 Å². The van der Waals surface area contributed by atoms with Gasteiger partial charge >= 0.3 is 0 Å². The summed E-state index contributed by atoms with van der Waals surface area (Å²) in [6.45, 7) is 0. The summed E-state index contributed by atoms with van der Waals surface area (Å²) in [5.74, 6) is 0. The lowest BCUT2D eigenvalue weighted by molar-refractivity contribution is 0.669. The fourth-order valence-electron chi connectivity index (χ4n) is 7.39. The Morgan fingerprint density at radius 2 is 0.745 bits per heavy atom. The molecule has 13 aromatic rings. The first-order valence-corrected chi connectivity index (χ1v) is 16.7. The second kappa shape index (κ2) is 10.7. The highest BCUT2D eigenvalue weighted by Gasteiger charge is 2.19. The molecular weight excluding hydrogens is 665 g/mol. The van der Waals surface area contributed by atoms with E-state index < -0.39 is 301 Å². The zero-order chi connectivity index (χ0) is 61.9. The SMILES string of the molecule is [2H]c1c([2H])c(-c2c([2H])c([2H])c3oc4c([2H])c5c([2H])c([2H])c([2H])c([2H])c5c([2H])c4c3c2[2H])c(-c2c([2H])c([2H])c3c([2H])c([2H])c4c([2H])c([2H])c([2H])c5c([2H])c([2H])c2c3c45)c([2H])c1-c1c([2H])c([2H])c2c([2H])c([2H])c3c([2H])c([2H])c([2H])c4c([2H])c([2H])c1c2c34. The van der Waals surface area contributed by atoms with Gasteiger partial charge < -0.3 is 4.42 Å². The van der Waals surface area contributed by atoms with Crippen molar-refractivity contribution in [2.75, 3.05) is 0 Å². The van der Waals surface area contributed by atoms with Crippen molar-refractivity contribution < 1.29 is 45.5 Å². The van der Waals surface area contributed by atoms with Crippen LogP contribution >= 0.6 is 0 Å². The first-order chi connectivity index (χ1) is 39.8. The van der Waals surface area contributed by atoms with Gasteiger partial charge in [-0.2, -0.15) is 0 Å². The minimum Gasteiger partial charge on any atom is -0.456 e. The van der Waals surface area contributed by atoms with Gasteiger partial charge in [0.1, 0.15) is 11.2 Å². The quantitative estimate of drug-likeness (QED) is 0.165. The zero-order valence-electron chi connectivity index (χ0n) is 57.4. The lowest BCUT2D eigenvalue weighted by atomic mass is 9.84. The average molecular weight is 725 g/mol. The van der Waals surface area contributed by atoms with E-state index >= 15 is 0 Å². The molecule has 0 bridgehead atoms. The van der Waals surface area contributed by atoms with Crippen molar-refractivity contribution in [3.05, 3.63) is 181 Å². The molecule has 0 saturated carbocycles. The minimum atomic E-state index is -1.17. The molecule has 0 unspecified atom stereocenters. The summed E-state index contributed by atoms with van der Waals surface area (Å²) in [6, 6.07) is -26.3. The Bertz CT molecular complexity index is 5420. The Morgan fingerprint density at radius 3 is 1.42 bits per heavy atom. The van der Waals surface area contributed by atoms with Crippen LogP contribution in [0.15, 0.2) is 186 Å². The van der Waals surface area contributed by atoms with Crippen LogP contribution in [0.5, 0.6) is 0 Å². The summed E-state index contributed by atoms with van der Waals surface area (Å²) >= 11 is 0. The maximum Gasteiger partial charge on any atom is 0.136 e. The molecular formula is C54H30O. The van der Waals surface area contributed by atoms with Gasteiger partial charge in [-0.05, 0) is 139 Å². The maximum absolute atomic E-state index is 10.5. The monoisotopic (exact) mass is 724 g/mol. The summed E-state index contributed by atoms with van der Waals surface area (Å²) in [4.78, 5) is 0. The first kappa shape index (κ1) is 13.0. The second-order valence-electron chi connectivity index (χ2n) is 12.8. The predicted octanol–water partition coefficient (Wildman–Crippen LogP) is 15.5. The van der Waals surface area contributed by atoms with Crippen LogP contribution in [0.1, 0.15) is 41.1 Å². The predicted molar refractivity (Wildman–Crippen MR) is 235 cm³/mol. The van der Waals surface area contributed by atoms with Crippen molar-refractivity contribution in [2.24, 2.45) is 0 Å². The van der Waals surface area contributed by atoms with Crippen LogP contribution in [0.2, 0.25) is 0 Å². The molecule has 1 nitrogen and oxygen atoms in total. The third-order valence-corrected chi connectivity index (χ3v) is 9.82. The third-order valence-electron chi connectivity index (χ3n) is 9.82. The molecule has 0 aliphatic rings. The summed E-state index contributed by atoms with van der Waals surface area (Å²) in [5.41, 5.74) is -6.54. The van der Waals surface area contributed by atoms with Gasteiger partial charge in [-0.3, -0.25) is 0 Å². The minimum absolute atomic E-state index is 0.345. The first-order valence-electron chi connectivity index (χ1n) is 31.7. The van der Waals surface area contributed by atoms with Gasteiger partial charge in [0.2, 0.25) is 0 Å². The topological polar surface area (TPSA) is 13.1 Å². The van der Waals surface area contributed by atoms with Crippen molar-refractivity contribution in [3.8, 4) is 33.4 Å². The molecule has 0 spiro atoms. The lowest BCUT2D eigenvalue weighted by Gasteiger charge is -2.19. The average Bonchev–Trinajstić information content (AvgIpc) is 0.818. The Labute approximate surface area is 358 Å². The van der Waals surface area contributed by atoms with Gasteiger partial charge in [-0.15, -0.1) is 0 Å². The molecule has 0 radical (unpaired) electrons. The Balaban J connectivity index is 1.32. The smallest absolute Gasteiger partial charge is 0.136 e. The van der Waals surface area contributed by atoms with E-state index in [0.29, 0.717) is 0 Å². The molecule has 0 fully saturated rings. The Hall–Kier alpha value is -7.22. The lowest BCUT2D eigenvalue weighted by Crippen LogP contribution is -1.92. The molecule has 12 aromatic carbocycles. The van der Waals surface area contributed by atoms with Crippen LogP contribution in [-0.4, -0.2) is 0 Å². The Kier molecular flexibility index (Phi) is 2.52. The van der Waals surface area contributed by atoms with Crippen LogP contribution in [0, 0.1) is 0 Å². The number of furan rings is 1. The van der Waals surface area contributed by atoms with Crippen molar-refractivity contribution in [1.82, 2.24) is 0 Å². The van der Waals surface area contributed by atoms with Crippen LogP contribution < -0.4 is 0 Å². The van der Waals surface area contributed by atoms with Gasteiger partial charge in [0.25, 0.3) is 0 Å². The molecule has 0 amide bonds. The molecule has 0 aliphatic heterocycles. The van der Waals surface area contributed by atoms with E-state index in [1.165, 1.54) is 0 Å². The van der Waals surface area contributed by atoms with E-state index in [9.17, 15) is 21.9 Å². The molecule has 55 heavy (non-hydrogen) atoms. The molecule has 1 heteroatoms. The van der Waals surface area contributed by atoms with E-state index in [4.69, 9.17) is 23.6 Å². The van der Waals surface area contributed by atoms with E-state index in [1.807, 2.05) is 0 Å². The molecule has 0 N–H and O–H groups in total. The van der Waals surface area contributed by atoms with E-state index in [0.717, 1.165) is 0 Å². The van der Waals surface area contributed by atoms with Gasteiger partial charge in [0.15, 0.2) is 0 Å². The second-order valence-corrected chi connectivity index (χ2v) is 12.8. The highest BCUT2D eigenvalue weighted by atomic mass is 16.3. The number of benzene rings is 12. The van der Waals surface area contributed by atoms with Gasteiger partial charge in [0.05, 0.1) is 41.1 Å². The highest BCUT2D eigenvalue weighted by molar-refractivity contribution is 6.27. The molecule has 0 saturated heterocycles. The number of hydrogen-bond donors (Lipinski definition) is 0. The van der Waals surface area contributed by atoms with Crippen molar-refractivity contribution in [3.63, 3.8) is 0 Å². The summed E-state index contributed by atoms with van der Waals surface area (Å²) in [7, 11) is 0. The third kappa shape index (κ3) is 4.07. The van der Waals surface area contributed by atoms with E-state index in [1.54, 1.807) is 0 Å². The zero-order valence-corrected chi connectivity index (χ0v) is 27.4. The van der Waals surface area contributed by atoms with E-state index in [2.05, 4.69) is 0 Å². The highest BCUT2D eigenvalue weighted by Crippen LogP contribution is 2.46. The summed E-state index contributed by atoms with van der Waals surface area (Å²) < 4.78 is 284. The van der Waals surface area contributed by atoms with Crippen LogP contribution in [-0.2, 0) is 0 Å². The van der Waals surface area contributed by atoms with Crippen molar-refractivity contribution in [2.45, 2.75) is 0 Å². The molecule has 252 valence electrons. The normalized spacial score (nSPS) is 20.0. The van der Waals surface area contributed by atoms with Gasteiger partial charge in [-0.25, -0.2) is 0 Å². The molecule has 13 rings (SSSR count). The van der Waals surface area contributed by atoms with Gasteiger partial charge in [-0.1, -0.05) is 151 Å². The standard InChI is InChI=1S/C54H30O/c1-2-6-38-30-50-48(27-37(38)5-1)47-29-40(20-26-49(47)55-50)42-22-19-39(41-21-15-35-13-11-31-7-3-9-33-17-24-44(41)53(35)51(31)33)28-46(42)43-23-16-36-14-12-32-8-4-10-34-18-25-45(43)54(36)52(32)34/h1-30H/i1D,2D,3D,4D,5D,6D,7D,8D,9D,10D,11D,12D,13D,14D,15D,16D,17D,18D,19D,20D,21D,22D,23D,24D,25D,26D,27D,28D,29D,30D. The molecule has 0 aliphatic carbocycles. The Morgan fingerprint density at radius 1 is 0.273 bits per heavy atom. The van der Waals surface area contributed by atoms with Crippen molar-refractivity contribution in [1.29, 1.82) is 0 Å². The largest absolute Gasteiger partial charge is 0.456 e. The number of hydrogen-bond acceptors (Lipinski definition) is 1. The number of rotatable bonds is 3. The molecule has 1 aromatic heterocycles. The number of fused-ring (bicyclic) bond motifs is 4. The summed E-state index contributed by atoms with van der Waals surface area (Å²) in [6.07, 6.45) is 0. The van der Waals surface area contributed by atoms with Gasteiger partial charge in [0, 0.05) is 10.8 Å². The fourth-order valence-corrected chi connectivity index (χ4v) is 7.39. The molecule has 0 atom stereocenters. The maximum atomic E-state index is 10.5.